The molecule has 2 aliphatic heterocycles. The predicted molar refractivity (Wildman–Crippen MR) is 121 cm³/mol. The van der Waals surface area contributed by atoms with E-state index in [0.717, 1.165) is 40.8 Å². The first-order valence-corrected chi connectivity index (χ1v) is 11.4. The van der Waals surface area contributed by atoms with Gasteiger partial charge in [-0.1, -0.05) is 6.07 Å². The number of amides is 2. The van der Waals surface area contributed by atoms with Gasteiger partial charge in [0, 0.05) is 54.4 Å². The molecule has 2 amide bonds. The number of aliphatic hydroxyl groups excluding tert-OH is 1. The Balaban J connectivity index is 1.46. The van der Waals surface area contributed by atoms with Crippen molar-refractivity contribution in [3.05, 3.63) is 59.5 Å². The molecule has 0 radical (unpaired) electrons. The van der Waals surface area contributed by atoms with E-state index in [1.165, 1.54) is 0 Å². The predicted octanol–water partition coefficient (Wildman–Crippen LogP) is 2.25. The highest BCUT2D eigenvalue weighted by Crippen LogP contribution is 2.49. The second kappa shape index (κ2) is 7.31. The summed E-state index contributed by atoms with van der Waals surface area (Å²) >= 11 is 0. The highest BCUT2D eigenvalue weighted by atomic mass is 16.5. The number of nitrogens with zero attached hydrogens (tertiary/aromatic N) is 3. The Bertz CT molecular complexity index is 1240. The van der Waals surface area contributed by atoms with E-state index in [1.807, 2.05) is 23.1 Å². The zero-order chi connectivity index (χ0) is 22.7. The molecular weight excluding hydrogens is 420 g/mol. The summed E-state index contributed by atoms with van der Waals surface area (Å²) in [7, 11) is 1.63. The van der Waals surface area contributed by atoms with Gasteiger partial charge >= 0.3 is 0 Å². The Labute approximate surface area is 191 Å². The number of carbonyl (C=O) groups is 2. The fraction of sp³-hybridized carbons (Fsp3) is 0.400. The van der Waals surface area contributed by atoms with Gasteiger partial charge < -0.3 is 24.6 Å². The number of aromatic nitrogens is 2. The smallest absolute Gasteiger partial charge is 0.273 e. The number of ether oxygens (including phenoxy) is 1. The van der Waals surface area contributed by atoms with Crippen LogP contribution in [0.15, 0.2) is 42.6 Å². The lowest BCUT2D eigenvalue weighted by molar-refractivity contribution is -0.141. The van der Waals surface area contributed by atoms with E-state index in [2.05, 4.69) is 9.97 Å². The SMILES string of the molecule is COc1ccc2c3c([nH]c2c1)[C@@H](CO)N(C(=O)c1ccccn1)CC31CN(C(=O)C2CC2)C1. The lowest BCUT2D eigenvalue weighted by Gasteiger charge is -2.56. The monoisotopic (exact) mass is 446 g/mol. The molecule has 1 saturated carbocycles. The highest BCUT2D eigenvalue weighted by molar-refractivity contribution is 5.95. The van der Waals surface area contributed by atoms with Crippen LogP contribution >= 0.6 is 0 Å². The van der Waals surface area contributed by atoms with Crippen molar-refractivity contribution in [1.82, 2.24) is 19.8 Å². The number of likely N-dealkylation sites (tertiary alicyclic amines) is 1. The molecule has 8 heteroatoms. The standard InChI is InChI=1S/C25H26N4O4/c1-33-16-7-8-17-19(10-16)27-22-20(11-30)29(24(32)18-4-2-3-9-26-18)14-25(21(17)22)12-28(13-25)23(31)15-5-6-15/h2-4,7-10,15,20,27,30H,5-6,11-14H2,1H3/t20-/m1/s1. The first-order valence-electron chi connectivity index (χ1n) is 11.4. The van der Waals surface area contributed by atoms with Crippen LogP contribution in [-0.2, 0) is 10.2 Å². The third-order valence-corrected chi connectivity index (χ3v) is 7.29. The summed E-state index contributed by atoms with van der Waals surface area (Å²) in [4.78, 5) is 37.6. The Kier molecular flexibility index (Phi) is 4.48. The number of fused-ring (bicyclic) bond motifs is 4. The van der Waals surface area contributed by atoms with E-state index in [0.29, 0.717) is 25.3 Å². The van der Waals surface area contributed by atoms with Crippen LogP contribution in [0.2, 0.25) is 0 Å². The van der Waals surface area contributed by atoms with Crippen LogP contribution in [0.4, 0.5) is 0 Å². The molecule has 2 aromatic heterocycles. The number of benzene rings is 1. The first kappa shape index (κ1) is 20.2. The molecule has 1 spiro atoms. The van der Waals surface area contributed by atoms with Crippen molar-refractivity contribution >= 4 is 22.7 Å². The van der Waals surface area contributed by atoms with Gasteiger partial charge in [-0.3, -0.25) is 14.6 Å². The van der Waals surface area contributed by atoms with Crippen molar-refractivity contribution in [2.75, 3.05) is 33.4 Å². The molecule has 170 valence electrons. The molecular formula is C25H26N4O4. The summed E-state index contributed by atoms with van der Waals surface area (Å²) in [6.45, 7) is 1.35. The Hall–Kier alpha value is -3.39. The first-order chi connectivity index (χ1) is 16.0. The summed E-state index contributed by atoms with van der Waals surface area (Å²) in [5, 5.41) is 11.4. The summed E-state index contributed by atoms with van der Waals surface area (Å²) in [5.74, 6) is 0.892. The number of pyridine rings is 1. The minimum atomic E-state index is -0.522. The molecule has 3 aromatic rings. The van der Waals surface area contributed by atoms with Crippen LogP contribution in [0.25, 0.3) is 10.9 Å². The molecule has 33 heavy (non-hydrogen) atoms. The van der Waals surface area contributed by atoms with Crippen LogP contribution in [-0.4, -0.2) is 70.0 Å². The molecule has 2 N–H and O–H groups in total. The Morgan fingerprint density at radius 3 is 2.70 bits per heavy atom. The van der Waals surface area contributed by atoms with E-state index in [1.54, 1.807) is 36.4 Å². The Morgan fingerprint density at radius 2 is 2.03 bits per heavy atom. The summed E-state index contributed by atoms with van der Waals surface area (Å²) in [5.41, 5.74) is 2.79. The lowest BCUT2D eigenvalue weighted by atomic mass is 9.68. The van der Waals surface area contributed by atoms with E-state index in [-0.39, 0.29) is 29.8 Å². The van der Waals surface area contributed by atoms with Crippen LogP contribution in [0, 0.1) is 5.92 Å². The van der Waals surface area contributed by atoms with Crippen LogP contribution < -0.4 is 4.74 Å². The van der Waals surface area contributed by atoms with Gasteiger partial charge in [-0.25, -0.2) is 0 Å². The zero-order valence-corrected chi connectivity index (χ0v) is 18.5. The van der Waals surface area contributed by atoms with E-state index >= 15 is 0 Å². The average molecular weight is 447 g/mol. The molecule has 8 nitrogen and oxygen atoms in total. The molecule has 1 aromatic carbocycles. The maximum atomic E-state index is 13.5. The number of carbonyl (C=O) groups excluding carboxylic acids is 2. The molecule has 4 heterocycles. The summed E-state index contributed by atoms with van der Waals surface area (Å²) in [6, 6.07) is 10.6. The third kappa shape index (κ3) is 3.04. The maximum Gasteiger partial charge on any atom is 0.273 e. The second-order valence-electron chi connectivity index (χ2n) is 9.42. The molecule has 3 aliphatic rings. The van der Waals surface area contributed by atoms with Gasteiger partial charge in [-0.05, 0) is 42.7 Å². The van der Waals surface area contributed by atoms with Crippen molar-refractivity contribution < 1.29 is 19.4 Å². The molecule has 0 bridgehead atoms. The number of hydrogen-bond acceptors (Lipinski definition) is 5. The van der Waals surface area contributed by atoms with E-state index < -0.39 is 6.04 Å². The second-order valence-corrected chi connectivity index (χ2v) is 9.42. The largest absolute Gasteiger partial charge is 0.497 e. The zero-order valence-electron chi connectivity index (χ0n) is 18.5. The normalized spacial score (nSPS) is 21.1. The van der Waals surface area contributed by atoms with Crippen molar-refractivity contribution in [2.45, 2.75) is 24.3 Å². The molecule has 6 rings (SSSR count). The van der Waals surface area contributed by atoms with Gasteiger partial charge in [-0.15, -0.1) is 0 Å². The number of hydrogen-bond donors (Lipinski definition) is 2. The summed E-state index contributed by atoms with van der Waals surface area (Å²) in [6.07, 6.45) is 3.54. The van der Waals surface area contributed by atoms with Gasteiger partial charge in [0.1, 0.15) is 11.4 Å². The van der Waals surface area contributed by atoms with Crippen LogP contribution in [0.5, 0.6) is 5.75 Å². The number of methoxy groups -OCH3 is 1. The molecule has 2 fully saturated rings. The number of H-pyrrole nitrogens is 1. The average Bonchev–Trinajstić information content (AvgIpc) is 3.61. The van der Waals surface area contributed by atoms with Gasteiger partial charge in [0.15, 0.2) is 0 Å². The van der Waals surface area contributed by atoms with Gasteiger partial charge in [0.2, 0.25) is 5.91 Å². The molecule has 0 unspecified atom stereocenters. The molecule has 1 aliphatic carbocycles. The summed E-state index contributed by atoms with van der Waals surface area (Å²) < 4.78 is 5.40. The van der Waals surface area contributed by atoms with Crippen molar-refractivity contribution in [1.29, 1.82) is 0 Å². The van der Waals surface area contributed by atoms with E-state index in [4.69, 9.17) is 4.74 Å². The minimum Gasteiger partial charge on any atom is -0.497 e. The fourth-order valence-corrected chi connectivity index (χ4v) is 5.54. The number of rotatable bonds is 4. The van der Waals surface area contributed by atoms with Gasteiger partial charge in [0.05, 0.1) is 25.2 Å². The molecule has 1 atom stereocenters. The number of nitrogens with one attached hydrogen (secondary N) is 1. The van der Waals surface area contributed by atoms with E-state index in [9.17, 15) is 14.7 Å². The van der Waals surface area contributed by atoms with Crippen molar-refractivity contribution in [2.24, 2.45) is 5.92 Å². The quantitative estimate of drug-likeness (QED) is 0.641. The topological polar surface area (TPSA) is 98.8 Å². The Morgan fingerprint density at radius 1 is 1.21 bits per heavy atom. The van der Waals surface area contributed by atoms with Gasteiger partial charge in [0.25, 0.3) is 5.91 Å². The number of aromatic amines is 1. The minimum absolute atomic E-state index is 0.161. The fourth-order valence-electron chi connectivity index (χ4n) is 5.54. The lowest BCUT2D eigenvalue weighted by Crippen LogP contribution is -2.68. The van der Waals surface area contributed by atoms with Crippen molar-refractivity contribution in [3.8, 4) is 5.75 Å². The van der Waals surface area contributed by atoms with Crippen molar-refractivity contribution in [3.63, 3.8) is 0 Å². The maximum absolute atomic E-state index is 13.5. The van der Waals surface area contributed by atoms with Crippen LogP contribution in [0.3, 0.4) is 0 Å². The van der Waals surface area contributed by atoms with Gasteiger partial charge in [-0.2, -0.15) is 0 Å². The molecule has 1 saturated heterocycles. The van der Waals surface area contributed by atoms with Crippen LogP contribution in [0.1, 0.15) is 40.6 Å². The highest BCUT2D eigenvalue weighted by Gasteiger charge is 2.56. The number of aliphatic hydroxyl groups is 1. The third-order valence-electron chi connectivity index (χ3n) is 7.29.